The summed E-state index contributed by atoms with van der Waals surface area (Å²) in [6, 6.07) is 14.5. The number of pyridine rings is 1. The number of ether oxygens (including phenoxy) is 1. The number of hydrogen-bond donors (Lipinski definition) is 1. The maximum Gasteiger partial charge on any atom is 0.123 e. The van der Waals surface area contributed by atoms with Crippen molar-refractivity contribution in [3.63, 3.8) is 0 Å². The van der Waals surface area contributed by atoms with E-state index in [1.807, 2.05) is 42.6 Å². The first-order valence-corrected chi connectivity index (χ1v) is 6.52. The van der Waals surface area contributed by atoms with Crippen molar-refractivity contribution < 1.29 is 4.74 Å². The van der Waals surface area contributed by atoms with Crippen LogP contribution in [0.25, 0.3) is 0 Å². The normalized spacial score (nSPS) is 13.8. The molecule has 1 N–H and O–H groups in total. The van der Waals surface area contributed by atoms with Gasteiger partial charge in [0, 0.05) is 23.8 Å². The molecule has 0 aliphatic heterocycles. The molecule has 1 unspecified atom stereocenters. The van der Waals surface area contributed by atoms with Crippen LogP contribution in [0.3, 0.4) is 0 Å². The Labute approximate surface area is 114 Å². The minimum Gasteiger partial charge on any atom is -0.496 e. The van der Waals surface area contributed by atoms with Gasteiger partial charge in [0.15, 0.2) is 0 Å². The minimum atomic E-state index is 0.195. The Balaban J connectivity index is 2.11. The van der Waals surface area contributed by atoms with Crippen molar-refractivity contribution >= 4 is 0 Å². The third kappa shape index (κ3) is 3.32. The monoisotopic (exact) mass is 256 g/mol. The first-order valence-electron chi connectivity index (χ1n) is 6.52. The fourth-order valence-electron chi connectivity index (χ4n) is 2.21. The summed E-state index contributed by atoms with van der Waals surface area (Å²) in [6.45, 7) is 4.26. The highest BCUT2D eigenvalue weighted by Crippen LogP contribution is 2.26. The van der Waals surface area contributed by atoms with E-state index in [9.17, 15) is 0 Å². The van der Waals surface area contributed by atoms with Gasteiger partial charge in [0.25, 0.3) is 0 Å². The molecule has 2 aromatic rings. The number of aromatic nitrogens is 1. The van der Waals surface area contributed by atoms with E-state index in [0.717, 1.165) is 17.0 Å². The van der Waals surface area contributed by atoms with E-state index in [-0.39, 0.29) is 12.1 Å². The molecule has 0 saturated carbocycles. The number of benzene rings is 1. The zero-order valence-corrected chi connectivity index (χ0v) is 11.6. The van der Waals surface area contributed by atoms with Gasteiger partial charge < -0.3 is 10.1 Å². The third-order valence-electron chi connectivity index (χ3n) is 3.24. The van der Waals surface area contributed by atoms with E-state index >= 15 is 0 Å². The fourth-order valence-corrected chi connectivity index (χ4v) is 2.21. The lowest BCUT2D eigenvalue weighted by Gasteiger charge is -2.21. The molecule has 0 fully saturated rings. The van der Waals surface area contributed by atoms with E-state index in [1.165, 1.54) is 0 Å². The Morgan fingerprint density at radius 2 is 1.74 bits per heavy atom. The molecule has 1 heterocycles. The van der Waals surface area contributed by atoms with E-state index in [2.05, 4.69) is 30.2 Å². The molecular weight excluding hydrogens is 236 g/mol. The SMILES string of the molecule is COc1ccccc1C(C)N[C@@H](C)c1ccccn1. The topological polar surface area (TPSA) is 34.1 Å². The van der Waals surface area contributed by atoms with Crippen molar-refractivity contribution in [2.24, 2.45) is 0 Å². The molecule has 0 radical (unpaired) electrons. The van der Waals surface area contributed by atoms with Crippen LogP contribution in [0.5, 0.6) is 5.75 Å². The lowest BCUT2D eigenvalue weighted by Crippen LogP contribution is -2.23. The molecule has 19 heavy (non-hydrogen) atoms. The molecule has 0 bridgehead atoms. The van der Waals surface area contributed by atoms with Crippen molar-refractivity contribution in [2.45, 2.75) is 25.9 Å². The molecule has 0 aliphatic carbocycles. The predicted molar refractivity (Wildman–Crippen MR) is 77.2 cm³/mol. The zero-order valence-electron chi connectivity index (χ0n) is 11.6. The first-order chi connectivity index (χ1) is 9.22. The van der Waals surface area contributed by atoms with Crippen molar-refractivity contribution in [3.8, 4) is 5.75 Å². The van der Waals surface area contributed by atoms with E-state index in [1.54, 1.807) is 7.11 Å². The van der Waals surface area contributed by atoms with Gasteiger partial charge in [-0.3, -0.25) is 4.98 Å². The molecule has 0 spiro atoms. The number of hydrogen-bond acceptors (Lipinski definition) is 3. The average Bonchev–Trinajstić information content (AvgIpc) is 2.48. The summed E-state index contributed by atoms with van der Waals surface area (Å²) in [5, 5.41) is 3.54. The molecule has 0 aliphatic rings. The molecule has 100 valence electrons. The highest BCUT2D eigenvalue weighted by atomic mass is 16.5. The Hall–Kier alpha value is -1.87. The van der Waals surface area contributed by atoms with Crippen LogP contribution in [-0.2, 0) is 0 Å². The second kappa shape index (κ2) is 6.34. The van der Waals surface area contributed by atoms with Gasteiger partial charge in [0.1, 0.15) is 5.75 Å². The quantitative estimate of drug-likeness (QED) is 0.889. The van der Waals surface area contributed by atoms with Crippen LogP contribution in [0.15, 0.2) is 48.7 Å². The van der Waals surface area contributed by atoms with Gasteiger partial charge in [-0.15, -0.1) is 0 Å². The van der Waals surface area contributed by atoms with Crippen molar-refractivity contribution in [2.75, 3.05) is 7.11 Å². The molecular formula is C16H20N2O. The number of nitrogens with zero attached hydrogens (tertiary/aromatic N) is 1. The number of rotatable bonds is 5. The Bertz CT molecular complexity index is 513. The van der Waals surface area contributed by atoms with Gasteiger partial charge >= 0.3 is 0 Å². The molecule has 3 heteroatoms. The van der Waals surface area contributed by atoms with Gasteiger partial charge in [-0.25, -0.2) is 0 Å². The van der Waals surface area contributed by atoms with Crippen molar-refractivity contribution in [1.29, 1.82) is 0 Å². The Kier molecular flexibility index (Phi) is 4.53. The van der Waals surface area contributed by atoms with Gasteiger partial charge in [0.2, 0.25) is 0 Å². The number of nitrogens with one attached hydrogen (secondary N) is 1. The summed E-state index contributed by atoms with van der Waals surface area (Å²) in [6.07, 6.45) is 1.82. The second-order valence-corrected chi connectivity index (χ2v) is 4.61. The zero-order chi connectivity index (χ0) is 13.7. The molecule has 0 amide bonds. The van der Waals surface area contributed by atoms with Crippen LogP contribution >= 0.6 is 0 Å². The highest BCUT2D eigenvalue weighted by molar-refractivity contribution is 5.35. The van der Waals surface area contributed by atoms with Crippen molar-refractivity contribution in [1.82, 2.24) is 10.3 Å². The van der Waals surface area contributed by atoms with Crippen LogP contribution in [0.1, 0.15) is 37.2 Å². The summed E-state index contributed by atoms with van der Waals surface area (Å²) >= 11 is 0. The summed E-state index contributed by atoms with van der Waals surface area (Å²) in [7, 11) is 1.70. The van der Waals surface area contributed by atoms with Crippen LogP contribution in [0.4, 0.5) is 0 Å². The molecule has 1 aromatic carbocycles. The number of para-hydroxylation sites is 1. The van der Waals surface area contributed by atoms with Gasteiger partial charge in [-0.1, -0.05) is 24.3 Å². The van der Waals surface area contributed by atoms with Crippen LogP contribution in [-0.4, -0.2) is 12.1 Å². The summed E-state index contributed by atoms with van der Waals surface area (Å²) in [5.41, 5.74) is 2.21. The predicted octanol–water partition coefficient (Wildman–Crippen LogP) is 3.50. The van der Waals surface area contributed by atoms with Gasteiger partial charge in [-0.05, 0) is 32.0 Å². The summed E-state index contributed by atoms with van der Waals surface area (Å²) in [4.78, 5) is 4.37. The van der Waals surface area contributed by atoms with Crippen LogP contribution in [0.2, 0.25) is 0 Å². The van der Waals surface area contributed by atoms with Crippen molar-refractivity contribution in [3.05, 3.63) is 59.9 Å². The largest absolute Gasteiger partial charge is 0.496 e. The second-order valence-electron chi connectivity index (χ2n) is 4.61. The molecule has 1 aromatic heterocycles. The van der Waals surface area contributed by atoms with E-state index in [0.29, 0.717) is 0 Å². The third-order valence-corrected chi connectivity index (χ3v) is 3.24. The first kappa shape index (κ1) is 13.6. The summed E-state index contributed by atoms with van der Waals surface area (Å²) in [5.74, 6) is 0.913. The fraction of sp³-hybridized carbons (Fsp3) is 0.312. The lowest BCUT2D eigenvalue weighted by molar-refractivity contribution is 0.396. The standard InChI is InChI=1S/C16H20N2O/c1-12(14-8-4-5-10-16(14)19-3)18-13(2)15-9-6-7-11-17-15/h4-13,18H,1-3H3/t12?,13-/m0/s1. The maximum atomic E-state index is 5.40. The highest BCUT2D eigenvalue weighted by Gasteiger charge is 2.14. The molecule has 2 atom stereocenters. The maximum absolute atomic E-state index is 5.40. The Morgan fingerprint density at radius 3 is 2.42 bits per heavy atom. The van der Waals surface area contributed by atoms with E-state index < -0.39 is 0 Å². The smallest absolute Gasteiger partial charge is 0.123 e. The Morgan fingerprint density at radius 1 is 1.00 bits per heavy atom. The molecule has 3 nitrogen and oxygen atoms in total. The number of methoxy groups -OCH3 is 1. The molecule has 2 rings (SSSR count). The summed E-state index contributed by atoms with van der Waals surface area (Å²) < 4.78 is 5.40. The van der Waals surface area contributed by atoms with Crippen LogP contribution in [0, 0.1) is 0 Å². The van der Waals surface area contributed by atoms with Crippen LogP contribution < -0.4 is 10.1 Å². The molecule has 0 saturated heterocycles. The van der Waals surface area contributed by atoms with E-state index in [4.69, 9.17) is 4.74 Å². The van der Waals surface area contributed by atoms with Gasteiger partial charge in [0.05, 0.1) is 12.8 Å². The van der Waals surface area contributed by atoms with Gasteiger partial charge in [-0.2, -0.15) is 0 Å². The average molecular weight is 256 g/mol. The minimum absolute atomic E-state index is 0.195. The lowest BCUT2D eigenvalue weighted by atomic mass is 10.1.